The molecule has 0 aromatic carbocycles. The summed E-state index contributed by atoms with van der Waals surface area (Å²) >= 11 is 2.51. The van der Waals surface area contributed by atoms with Crippen LogP contribution in [-0.2, 0) is 4.79 Å². The molecule has 0 aliphatic rings. The fourth-order valence-corrected chi connectivity index (χ4v) is 1.11. The lowest BCUT2D eigenvalue weighted by Gasteiger charge is -2.03. The number of rotatable bonds is 3. The fourth-order valence-electron chi connectivity index (χ4n) is 0.773. The van der Waals surface area contributed by atoms with Crippen LogP contribution in [0.2, 0.25) is 0 Å². The number of aryl methyl sites for hydroxylation is 1. The van der Waals surface area contributed by atoms with Gasteiger partial charge < -0.3 is 9.84 Å². The van der Waals surface area contributed by atoms with Crippen LogP contribution in [0.4, 0.5) is 19.0 Å². The lowest BCUT2D eigenvalue weighted by atomic mass is 10.4. The largest absolute Gasteiger partial charge is 0.455 e. The molecular weight excluding hydrogens is 293 g/mol. The van der Waals surface area contributed by atoms with Crippen molar-refractivity contribution in [3.8, 4) is 0 Å². The first-order valence-electron chi connectivity index (χ1n) is 3.98. The third-order valence-corrected chi connectivity index (χ3v) is 2.04. The van der Waals surface area contributed by atoms with Gasteiger partial charge in [0.1, 0.15) is 5.76 Å². The lowest BCUT2D eigenvalue weighted by molar-refractivity contribution is -0.165. The van der Waals surface area contributed by atoms with Crippen LogP contribution in [0.5, 0.6) is 0 Å². The van der Waals surface area contributed by atoms with Crippen LogP contribution in [0, 0.1) is 6.92 Å². The molecule has 0 amide bonds. The molecule has 0 radical (unpaired) electrons. The Kier molecular flexibility index (Phi) is 3.74. The van der Waals surface area contributed by atoms with Crippen LogP contribution in [0.15, 0.2) is 21.3 Å². The van der Waals surface area contributed by atoms with Gasteiger partial charge in [-0.3, -0.25) is 4.79 Å². The monoisotopic (exact) mass is 298 g/mol. The van der Waals surface area contributed by atoms with Gasteiger partial charge in [-0.1, -0.05) is 5.16 Å². The summed E-state index contributed by atoms with van der Waals surface area (Å²) in [4.78, 5) is 10.7. The first-order chi connectivity index (χ1) is 7.30. The molecule has 1 N–H and O–H groups in total. The standard InChI is InChI=1S/C8H6BrF3N2O2/c1-4-2-6(14-16-4)13-3-5(9)7(15)8(10,11)12/h2-3H,1H3,(H,13,14)/b5-3+. The predicted octanol–water partition coefficient (Wildman–Crippen LogP) is 2.76. The molecule has 16 heavy (non-hydrogen) atoms. The van der Waals surface area contributed by atoms with E-state index in [2.05, 4.69) is 30.9 Å². The number of nitrogens with zero attached hydrogens (tertiary/aromatic N) is 1. The highest BCUT2D eigenvalue weighted by Gasteiger charge is 2.39. The summed E-state index contributed by atoms with van der Waals surface area (Å²) < 4.78 is 39.9. The van der Waals surface area contributed by atoms with E-state index in [1.54, 1.807) is 6.92 Å². The molecule has 0 aliphatic carbocycles. The predicted molar refractivity (Wildman–Crippen MR) is 52.9 cm³/mol. The molecule has 1 rings (SSSR count). The number of ketones is 1. The molecule has 0 saturated heterocycles. The molecular formula is C8H6BrF3N2O2. The molecule has 1 aromatic heterocycles. The minimum Gasteiger partial charge on any atom is -0.360 e. The number of halogens is 4. The van der Waals surface area contributed by atoms with E-state index in [9.17, 15) is 18.0 Å². The van der Waals surface area contributed by atoms with Gasteiger partial charge in [-0.15, -0.1) is 0 Å². The molecule has 0 bridgehead atoms. The van der Waals surface area contributed by atoms with Crippen LogP contribution < -0.4 is 5.32 Å². The van der Waals surface area contributed by atoms with E-state index in [1.165, 1.54) is 6.07 Å². The Morgan fingerprint density at radius 2 is 2.25 bits per heavy atom. The molecule has 1 aromatic rings. The van der Waals surface area contributed by atoms with E-state index in [1.807, 2.05) is 0 Å². The van der Waals surface area contributed by atoms with E-state index in [4.69, 9.17) is 0 Å². The molecule has 1 heterocycles. The maximum Gasteiger partial charge on any atom is 0.455 e. The Balaban J connectivity index is 2.68. The van der Waals surface area contributed by atoms with Gasteiger partial charge in [-0.25, -0.2) is 0 Å². The summed E-state index contributed by atoms with van der Waals surface area (Å²) in [7, 11) is 0. The Morgan fingerprint density at radius 3 is 2.69 bits per heavy atom. The van der Waals surface area contributed by atoms with Crippen molar-refractivity contribution in [2.75, 3.05) is 5.32 Å². The Morgan fingerprint density at radius 1 is 1.62 bits per heavy atom. The van der Waals surface area contributed by atoms with E-state index >= 15 is 0 Å². The number of carbonyl (C=O) groups is 1. The van der Waals surface area contributed by atoms with Gasteiger partial charge >= 0.3 is 6.18 Å². The number of carbonyl (C=O) groups excluding carboxylic acids is 1. The summed E-state index contributed by atoms with van der Waals surface area (Å²) in [5.74, 6) is -1.26. The van der Waals surface area contributed by atoms with Crippen LogP contribution >= 0.6 is 15.9 Å². The Labute approximate surface area is 96.6 Å². The molecule has 8 heteroatoms. The average Bonchev–Trinajstić information content (AvgIpc) is 2.58. The number of aromatic nitrogens is 1. The summed E-state index contributed by atoms with van der Waals surface area (Å²) in [5, 5.41) is 5.85. The molecule has 0 spiro atoms. The van der Waals surface area contributed by atoms with Crippen LogP contribution in [0.1, 0.15) is 5.76 Å². The quantitative estimate of drug-likeness (QED) is 0.872. The van der Waals surface area contributed by atoms with E-state index in [0.717, 1.165) is 6.20 Å². The fraction of sp³-hybridized carbons (Fsp3) is 0.250. The van der Waals surface area contributed by atoms with Crippen LogP contribution in [0.25, 0.3) is 0 Å². The van der Waals surface area contributed by atoms with E-state index < -0.39 is 16.4 Å². The van der Waals surface area contributed by atoms with Gasteiger partial charge in [0, 0.05) is 12.3 Å². The zero-order valence-corrected chi connectivity index (χ0v) is 9.52. The average molecular weight is 299 g/mol. The zero-order valence-electron chi connectivity index (χ0n) is 7.93. The third kappa shape index (κ3) is 3.37. The van der Waals surface area contributed by atoms with Crippen molar-refractivity contribution in [3.05, 3.63) is 22.5 Å². The normalized spacial score (nSPS) is 12.7. The Hall–Kier alpha value is -1.31. The number of alkyl halides is 3. The zero-order chi connectivity index (χ0) is 12.3. The smallest absolute Gasteiger partial charge is 0.360 e. The van der Waals surface area contributed by atoms with Gasteiger partial charge in [0.2, 0.25) is 0 Å². The van der Waals surface area contributed by atoms with Crippen LogP contribution in [-0.4, -0.2) is 17.1 Å². The Bertz CT molecular complexity index is 425. The summed E-state index contributed by atoms with van der Waals surface area (Å²) in [6.45, 7) is 1.62. The molecule has 0 unspecified atom stereocenters. The highest BCUT2D eigenvalue weighted by Crippen LogP contribution is 2.23. The molecule has 0 saturated carbocycles. The van der Waals surface area contributed by atoms with Crippen molar-refractivity contribution in [1.82, 2.24) is 5.16 Å². The minimum atomic E-state index is -4.91. The molecule has 0 fully saturated rings. The SMILES string of the molecule is Cc1cc(N/C=C(/Br)C(=O)C(F)(F)F)no1. The molecule has 4 nitrogen and oxygen atoms in total. The van der Waals surface area contributed by atoms with Gasteiger partial charge in [-0.2, -0.15) is 13.2 Å². The summed E-state index contributed by atoms with van der Waals surface area (Å²) in [5.41, 5.74) is 0. The topological polar surface area (TPSA) is 55.1 Å². The van der Waals surface area contributed by atoms with Crippen molar-refractivity contribution in [2.24, 2.45) is 0 Å². The molecule has 88 valence electrons. The van der Waals surface area contributed by atoms with Gasteiger partial charge in [-0.05, 0) is 22.9 Å². The maximum atomic E-state index is 11.9. The third-order valence-electron chi connectivity index (χ3n) is 1.45. The first kappa shape index (κ1) is 12.8. The van der Waals surface area contributed by atoms with Crippen molar-refractivity contribution < 1.29 is 22.5 Å². The van der Waals surface area contributed by atoms with Crippen molar-refractivity contribution in [1.29, 1.82) is 0 Å². The van der Waals surface area contributed by atoms with Gasteiger partial charge in [0.05, 0.1) is 4.48 Å². The first-order valence-corrected chi connectivity index (χ1v) is 4.77. The number of anilines is 1. The summed E-state index contributed by atoms with van der Waals surface area (Å²) in [6.07, 6.45) is -4.05. The number of nitrogens with one attached hydrogen (secondary N) is 1. The minimum absolute atomic E-state index is 0.212. The molecule has 0 aliphatic heterocycles. The second-order valence-corrected chi connectivity index (χ2v) is 3.64. The van der Waals surface area contributed by atoms with Gasteiger partial charge in [0.25, 0.3) is 5.78 Å². The van der Waals surface area contributed by atoms with Gasteiger partial charge in [0.15, 0.2) is 5.82 Å². The van der Waals surface area contributed by atoms with E-state index in [-0.39, 0.29) is 5.82 Å². The van der Waals surface area contributed by atoms with Crippen molar-refractivity contribution in [2.45, 2.75) is 13.1 Å². The second kappa shape index (κ2) is 4.69. The second-order valence-electron chi connectivity index (χ2n) is 2.79. The van der Waals surface area contributed by atoms with Crippen LogP contribution in [0.3, 0.4) is 0 Å². The van der Waals surface area contributed by atoms with Crippen molar-refractivity contribution in [3.63, 3.8) is 0 Å². The maximum absolute atomic E-state index is 11.9. The number of hydrogen-bond acceptors (Lipinski definition) is 4. The highest BCUT2D eigenvalue weighted by atomic mass is 79.9. The summed E-state index contributed by atoms with van der Waals surface area (Å²) in [6, 6.07) is 1.47. The number of allylic oxidation sites excluding steroid dienone is 1. The lowest BCUT2D eigenvalue weighted by Crippen LogP contribution is -2.22. The number of Topliss-reactive ketones (excluding diaryl/α,β-unsaturated/α-hetero) is 1. The molecule has 0 atom stereocenters. The van der Waals surface area contributed by atoms with Crippen molar-refractivity contribution >= 4 is 27.5 Å². The highest BCUT2D eigenvalue weighted by molar-refractivity contribution is 9.12. The number of hydrogen-bond donors (Lipinski definition) is 1. The van der Waals surface area contributed by atoms with E-state index in [0.29, 0.717) is 5.76 Å².